The molecule has 0 bridgehead atoms. The quantitative estimate of drug-likeness (QED) is 0.498. The number of aromatic hydroxyl groups is 1. The predicted octanol–water partition coefficient (Wildman–Crippen LogP) is -0.0406. The van der Waals surface area contributed by atoms with E-state index >= 15 is 0 Å². The van der Waals surface area contributed by atoms with Crippen LogP contribution in [0.25, 0.3) is 0 Å². The van der Waals surface area contributed by atoms with Crippen LogP contribution >= 0.6 is 0 Å². The standard InChI is InChI=1S/C11H12O7/c12-7-3-5(1-2-6(7)11(17)18)10(16)8(13)4-9(14)15/h1-3,8,10,12-13,16H,4H2,(H,14,15)(H,17,18). The lowest BCUT2D eigenvalue weighted by molar-refractivity contribution is -0.141. The summed E-state index contributed by atoms with van der Waals surface area (Å²) < 4.78 is 0. The summed E-state index contributed by atoms with van der Waals surface area (Å²) in [7, 11) is 0. The molecule has 0 aliphatic carbocycles. The van der Waals surface area contributed by atoms with Gasteiger partial charge >= 0.3 is 11.9 Å². The lowest BCUT2D eigenvalue weighted by Gasteiger charge is -2.16. The summed E-state index contributed by atoms with van der Waals surface area (Å²) in [5.41, 5.74) is -0.315. The molecule has 0 aromatic heterocycles. The Balaban J connectivity index is 2.93. The van der Waals surface area contributed by atoms with E-state index in [1.807, 2.05) is 0 Å². The number of benzene rings is 1. The second kappa shape index (κ2) is 5.48. The monoisotopic (exact) mass is 256 g/mol. The van der Waals surface area contributed by atoms with Crippen LogP contribution in [0, 0.1) is 0 Å². The Hall–Kier alpha value is -2.12. The maximum atomic E-state index is 10.6. The van der Waals surface area contributed by atoms with Crippen molar-refractivity contribution in [2.45, 2.75) is 18.6 Å². The van der Waals surface area contributed by atoms with E-state index in [0.29, 0.717) is 0 Å². The van der Waals surface area contributed by atoms with Crippen molar-refractivity contribution < 1.29 is 35.1 Å². The summed E-state index contributed by atoms with van der Waals surface area (Å²) in [6.07, 6.45) is -3.73. The van der Waals surface area contributed by atoms with Crippen LogP contribution in [0.3, 0.4) is 0 Å². The van der Waals surface area contributed by atoms with Gasteiger partial charge in [0.2, 0.25) is 0 Å². The molecule has 0 saturated heterocycles. The van der Waals surface area contributed by atoms with E-state index in [1.165, 1.54) is 6.07 Å². The Labute approximate surface area is 102 Å². The van der Waals surface area contributed by atoms with E-state index in [1.54, 1.807) is 0 Å². The second-order valence-corrected chi connectivity index (χ2v) is 3.69. The van der Waals surface area contributed by atoms with E-state index in [0.717, 1.165) is 12.1 Å². The minimum atomic E-state index is -1.54. The summed E-state index contributed by atoms with van der Waals surface area (Å²) in [4.78, 5) is 21.0. The first-order valence-corrected chi connectivity index (χ1v) is 4.97. The molecule has 0 amide bonds. The van der Waals surface area contributed by atoms with Gasteiger partial charge in [0.15, 0.2) is 0 Å². The number of hydrogen-bond acceptors (Lipinski definition) is 5. The van der Waals surface area contributed by atoms with Crippen molar-refractivity contribution in [3.05, 3.63) is 29.3 Å². The van der Waals surface area contributed by atoms with Gasteiger partial charge in [-0.05, 0) is 17.7 Å². The minimum absolute atomic E-state index is 0.0336. The van der Waals surface area contributed by atoms with Gasteiger partial charge in [0.1, 0.15) is 17.4 Å². The highest BCUT2D eigenvalue weighted by Gasteiger charge is 2.22. The number of carbonyl (C=O) groups is 2. The Morgan fingerprint density at radius 2 is 1.78 bits per heavy atom. The number of aliphatic hydroxyl groups is 2. The average molecular weight is 256 g/mol. The molecule has 0 heterocycles. The largest absolute Gasteiger partial charge is 0.507 e. The van der Waals surface area contributed by atoms with Crippen molar-refractivity contribution in [3.8, 4) is 5.75 Å². The van der Waals surface area contributed by atoms with Crippen LogP contribution in [0.5, 0.6) is 5.75 Å². The zero-order valence-corrected chi connectivity index (χ0v) is 9.15. The summed E-state index contributed by atoms with van der Waals surface area (Å²) in [6.45, 7) is 0. The predicted molar refractivity (Wildman–Crippen MR) is 58.3 cm³/mol. The van der Waals surface area contributed by atoms with E-state index in [-0.39, 0.29) is 11.1 Å². The summed E-state index contributed by atoms with van der Waals surface area (Å²) in [5, 5.41) is 45.5. The van der Waals surface area contributed by atoms with Crippen LogP contribution in [0.1, 0.15) is 28.4 Å². The molecule has 98 valence electrons. The zero-order valence-electron chi connectivity index (χ0n) is 9.15. The number of aliphatic carboxylic acids is 1. The molecule has 1 aromatic carbocycles. The van der Waals surface area contributed by atoms with Gasteiger partial charge in [-0.15, -0.1) is 0 Å². The molecule has 0 fully saturated rings. The van der Waals surface area contributed by atoms with Gasteiger partial charge in [-0.1, -0.05) is 6.07 Å². The van der Waals surface area contributed by atoms with Crippen LogP contribution in [-0.4, -0.2) is 43.6 Å². The van der Waals surface area contributed by atoms with Gasteiger partial charge < -0.3 is 25.5 Å². The fourth-order valence-corrected chi connectivity index (χ4v) is 1.43. The SMILES string of the molecule is O=C(O)CC(O)C(O)c1ccc(C(=O)O)c(O)c1. The summed E-state index contributed by atoms with van der Waals surface area (Å²) >= 11 is 0. The molecular formula is C11H12O7. The van der Waals surface area contributed by atoms with Crippen molar-refractivity contribution in [1.29, 1.82) is 0 Å². The Kier molecular flexibility index (Phi) is 4.24. The van der Waals surface area contributed by atoms with Crippen LogP contribution in [0.15, 0.2) is 18.2 Å². The van der Waals surface area contributed by atoms with Crippen molar-refractivity contribution in [1.82, 2.24) is 0 Å². The molecular weight excluding hydrogens is 244 g/mol. The number of carboxylic acids is 2. The van der Waals surface area contributed by atoms with Gasteiger partial charge in [-0.3, -0.25) is 4.79 Å². The van der Waals surface area contributed by atoms with E-state index < -0.39 is 36.3 Å². The van der Waals surface area contributed by atoms with Crippen LogP contribution in [-0.2, 0) is 4.79 Å². The zero-order chi connectivity index (χ0) is 13.9. The van der Waals surface area contributed by atoms with E-state index in [4.69, 9.17) is 10.2 Å². The highest BCUT2D eigenvalue weighted by molar-refractivity contribution is 5.90. The van der Waals surface area contributed by atoms with Gasteiger partial charge in [-0.2, -0.15) is 0 Å². The third-order valence-electron chi connectivity index (χ3n) is 2.34. The van der Waals surface area contributed by atoms with Crippen LogP contribution in [0.2, 0.25) is 0 Å². The molecule has 2 atom stereocenters. The smallest absolute Gasteiger partial charge is 0.339 e. The fraction of sp³-hybridized carbons (Fsp3) is 0.273. The Morgan fingerprint density at radius 1 is 1.17 bits per heavy atom. The Bertz CT molecular complexity index is 468. The first-order chi connectivity index (χ1) is 8.32. The maximum Gasteiger partial charge on any atom is 0.339 e. The van der Waals surface area contributed by atoms with Crippen molar-refractivity contribution in [2.24, 2.45) is 0 Å². The highest BCUT2D eigenvalue weighted by Crippen LogP contribution is 2.25. The first kappa shape index (κ1) is 13.9. The van der Waals surface area contributed by atoms with E-state index in [9.17, 15) is 24.9 Å². The number of rotatable bonds is 5. The lowest BCUT2D eigenvalue weighted by atomic mass is 10.0. The summed E-state index contributed by atoms with van der Waals surface area (Å²) in [5.74, 6) is -3.19. The molecule has 7 nitrogen and oxygen atoms in total. The number of aromatic carboxylic acids is 1. The van der Waals surface area contributed by atoms with Gasteiger partial charge in [0.05, 0.1) is 12.5 Å². The maximum absolute atomic E-state index is 10.6. The van der Waals surface area contributed by atoms with Crippen molar-refractivity contribution >= 4 is 11.9 Å². The van der Waals surface area contributed by atoms with Gasteiger partial charge in [-0.25, -0.2) is 4.79 Å². The molecule has 7 heteroatoms. The first-order valence-electron chi connectivity index (χ1n) is 4.97. The van der Waals surface area contributed by atoms with Crippen molar-refractivity contribution in [2.75, 3.05) is 0 Å². The third kappa shape index (κ3) is 3.19. The normalized spacial score (nSPS) is 13.9. The molecule has 0 radical (unpaired) electrons. The number of carboxylic acid groups (broad SMARTS) is 2. The number of phenols is 1. The number of hydrogen-bond donors (Lipinski definition) is 5. The highest BCUT2D eigenvalue weighted by atomic mass is 16.4. The molecule has 18 heavy (non-hydrogen) atoms. The molecule has 0 saturated carbocycles. The fourth-order valence-electron chi connectivity index (χ4n) is 1.43. The number of aliphatic hydroxyl groups excluding tert-OH is 2. The topological polar surface area (TPSA) is 135 Å². The molecule has 0 spiro atoms. The average Bonchev–Trinajstić information content (AvgIpc) is 2.26. The third-order valence-corrected chi connectivity index (χ3v) is 2.34. The molecule has 1 rings (SSSR count). The molecule has 2 unspecified atom stereocenters. The van der Waals surface area contributed by atoms with Crippen LogP contribution < -0.4 is 0 Å². The second-order valence-electron chi connectivity index (χ2n) is 3.69. The van der Waals surface area contributed by atoms with Gasteiger partial charge in [0.25, 0.3) is 0 Å². The van der Waals surface area contributed by atoms with Gasteiger partial charge in [0, 0.05) is 0 Å². The molecule has 1 aromatic rings. The molecule has 5 N–H and O–H groups in total. The Morgan fingerprint density at radius 3 is 2.22 bits per heavy atom. The molecule has 0 aliphatic heterocycles. The minimum Gasteiger partial charge on any atom is -0.507 e. The lowest BCUT2D eigenvalue weighted by Crippen LogP contribution is -2.21. The summed E-state index contributed by atoms with van der Waals surface area (Å²) in [6, 6.07) is 3.22. The van der Waals surface area contributed by atoms with E-state index in [2.05, 4.69) is 0 Å². The molecule has 0 aliphatic rings. The van der Waals surface area contributed by atoms with Crippen molar-refractivity contribution in [3.63, 3.8) is 0 Å². The van der Waals surface area contributed by atoms with Crippen LogP contribution in [0.4, 0.5) is 0 Å².